The Hall–Kier alpha value is -4.53. The summed E-state index contributed by atoms with van der Waals surface area (Å²) in [5.74, 6) is -1.93. The number of aliphatic carboxylic acids is 1. The first kappa shape index (κ1) is 39.6. The number of allylic oxidation sites excluding steroid dienone is 1. The number of benzene rings is 2. The topological polar surface area (TPSA) is 233 Å². The molecule has 260 valence electrons. The molecule has 0 bridgehead atoms. The van der Waals surface area contributed by atoms with Crippen molar-refractivity contribution < 1.29 is 46.8 Å². The van der Waals surface area contributed by atoms with Crippen LogP contribution in [0.25, 0.3) is 10.4 Å². The summed E-state index contributed by atoms with van der Waals surface area (Å²) >= 11 is 0. The summed E-state index contributed by atoms with van der Waals surface area (Å²) in [6, 6.07) is 10.7. The van der Waals surface area contributed by atoms with Crippen molar-refractivity contribution in [2.75, 3.05) is 30.6 Å². The fraction of sp³-hybridized carbons (Fsp3) is 0.433. The molecule has 18 heteroatoms. The van der Waals surface area contributed by atoms with Crippen molar-refractivity contribution in [3.8, 4) is 5.75 Å². The number of anilines is 1. The van der Waals surface area contributed by atoms with E-state index in [1.165, 1.54) is 19.9 Å². The molecule has 2 unspecified atom stereocenters. The molecule has 2 N–H and O–H groups in total. The highest BCUT2D eigenvalue weighted by molar-refractivity contribution is 7.90. The van der Waals surface area contributed by atoms with Crippen molar-refractivity contribution in [1.82, 2.24) is 4.90 Å². The smallest absolute Gasteiger partial charge is 0.411 e. The maximum absolute atomic E-state index is 13.1. The normalized spacial score (nSPS) is 13.2. The van der Waals surface area contributed by atoms with E-state index in [0.29, 0.717) is 23.2 Å². The number of carboxylic acids is 1. The van der Waals surface area contributed by atoms with E-state index in [2.05, 4.69) is 20.1 Å². The number of hydrogen-bond acceptors (Lipinski definition) is 11. The third-order valence-corrected chi connectivity index (χ3v) is 8.21. The van der Waals surface area contributed by atoms with Crippen molar-refractivity contribution >= 4 is 41.7 Å². The van der Waals surface area contributed by atoms with Crippen LogP contribution in [0.4, 0.5) is 10.5 Å². The van der Waals surface area contributed by atoms with Crippen LogP contribution in [0, 0.1) is 0 Å². The highest BCUT2D eigenvalue weighted by Gasteiger charge is 2.22. The molecule has 0 saturated carbocycles. The van der Waals surface area contributed by atoms with Gasteiger partial charge in [0.05, 0.1) is 11.9 Å². The molecule has 48 heavy (non-hydrogen) atoms. The van der Waals surface area contributed by atoms with Crippen molar-refractivity contribution in [2.24, 2.45) is 9.86 Å². The van der Waals surface area contributed by atoms with Crippen LogP contribution >= 0.6 is 8.17 Å². The first-order chi connectivity index (χ1) is 22.6. The van der Waals surface area contributed by atoms with E-state index in [9.17, 15) is 27.7 Å². The Kier molecular flexibility index (Phi) is 16.0. The van der Waals surface area contributed by atoms with Gasteiger partial charge in [0.15, 0.2) is 11.8 Å². The number of amides is 2. The van der Waals surface area contributed by atoms with Crippen LogP contribution in [-0.2, 0) is 35.5 Å². The molecule has 0 spiro atoms. The molecule has 0 aliphatic heterocycles. The molecular formula is C30H39N6O10PS. The molecule has 0 fully saturated rings. The highest BCUT2D eigenvalue weighted by Crippen LogP contribution is 2.30. The van der Waals surface area contributed by atoms with Gasteiger partial charge in [0.25, 0.3) is 0 Å². The molecule has 0 heterocycles. The predicted octanol–water partition coefficient (Wildman–Crippen LogP) is 5.09. The monoisotopic (exact) mass is 706 g/mol. The molecule has 16 nitrogen and oxygen atoms in total. The Morgan fingerprint density at radius 3 is 2.44 bits per heavy atom. The van der Waals surface area contributed by atoms with Gasteiger partial charge in [-0.25, -0.2) is 18.0 Å². The molecule has 0 saturated heterocycles. The van der Waals surface area contributed by atoms with Crippen LogP contribution in [0.3, 0.4) is 0 Å². The van der Waals surface area contributed by atoms with E-state index in [-0.39, 0.29) is 31.4 Å². The number of sulfone groups is 1. The number of nitrogens with zero attached hydrogens (tertiary/aromatic N) is 5. The maximum atomic E-state index is 13.1. The Balaban J connectivity index is 2.18. The van der Waals surface area contributed by atoms with Gasteiger partial charge in [-0.15, -0.1) is 0 Å². The summed E-state index contributed by atoms with van der Waals surface area (Å²) in [7, 11) is -6.13. The minimum atomic E-state index is -3.45. The van der Waals surface area contributed by atoms with Gasteiger partial charge >= 0.3 is 20.2 Å². The number of azide groups is 1. The van der Waals surface area contributed by atoms with Crippen molar-refractivity contribution in [1.29, 1.82) is 0 Å². The van der Waals surface area contributed by atoms with Gasteiger partial charge in [0, 0.05) is 23.4 Å². The molecular weight excluding hydrogens is 667 g/mol. The second-order valence-corrected chi connectivity index (χ2v) is 14.0. The number of carboxylic acid groups (broad SMARTS) is 1. The largest absolute Gasteiger partial charge is 0.575 e. The van der Waals surface area contributed by atoms with Crippen LogP contribution in [0.1, 0.15) is 51.3 Å². The standard InChI is InChI=1S/C30H39N6O10PS/c1-20(2)9-14-27(24-7-6-8-26(17-24)46-47(41)34-22(4)29(38)39)45-19-36(15-16-48(5,42)43)30(40)44-18-23-10-12-25(13-11-23)32-28(37)21(3)33-35-31/h6-13,17,21-22,27H,14-16,18-19H2,1-5H3,(H,32,37)(H,38,39)/t21-,22-,27?/m0/s1. The zero-order chi connectivity index (χ0) is 35.9. The third kappa shape index (κ3) is 14.9. The highest BCUT2D eigenvalue weighted by atomic mass is 32.2. The summed E-state index contributed by atoms with van der Waals surface area (Å²) in [5, 5.41) is 15.0. The van der Waals surface area contributed by atoms with Gasteiger partial charge in [0.2, 0.25) is 5.91 Å². The summed E-state index contributed by atoms with van der Waals surface area (Å²) < 4.78 is 44.4. The first-order valence-corrected chi connectivity index (χ1v) is 17.7. The van der Waals surface area contributed by atoms with E-state index in [4.69, 9.17) is 24.6 Å². The third-order valence-electron chi connectivity index (χ3n) is 6.39. The quantitative estimate of drug-likeness (QED) is 0.0520. The number of carbonyl (C=O) groups is 3. The average Bonchev–Trinajstić information content (AvgIpc) is 3.01. The minimum Gasteiger partial charge on any atom is -0.575 e. The van der Waals surface area contributed by atoms with E-state index in [1.807, 2.05) is 19.9 Å². The first-order valence-electron chi connectivity index (χ1n) is 14.5. The fourth-order valence-corrected chi connectivity index (χ4v) is 4.96. The SMILES string of the molecule is CC(C)=CCC(OCN(CCS(C)(=O)=O)C(=O)OCc1ccc(NC(=O)[C@H](C)N=[N+]=[N-])cc1)c1cccc(O[P+]([O-])=N[C@@H](C)C(=O)O)c1. The molecule has 2 rings (SSSR count). The van der Waals surface area contributed by atoms with Crippen LogP contribution < -0.4 is 14.7 Å². The second-order valence-electron chi connectivity index (χ2n) is 10.8. The van der Waals surface area contributed by atoms with E-state index in [0.717, 1.165) is 16.7 Å². The van der Waals surface area contributed by atoms with Gasteiger partial charge in [-0.2, -0.15) is 0 Å². The summed E-state index contributed by atoms with van der Waals surface area (Å²) in [6.45, 7) is 5.80. The lowest BCUT2D eigenvalue weighted by Crippen LogP contribution is -2.37. The molecule has 0 aliphatic rings. The molecule has 0 aromatic heterocycles. The van der Waals surface area contributed by atoms with Gasteiger partial charge in [-0.05, 0) is 75.0 Å². The molecule has 2 aromatic carbocycles. The van der Waals surface area contributed by atoms with E-state index >= 15 is 0 Å². The number of carbonyl (C=O) groups excluding carboxylic acids is 2. The van der Waals surface area contributed by atoms with E-state index < -0.39 is 54.2 Å². The maximum Gasteiger partial charge on any atom is 0.411 e. The van der Waals surface area contributed by atoms with Crippen molar-refractivity contribution in [2.45, 2.75) is 58.9 Å². The summed E-state index contributed by atoms with van der Waals surface area (Å²) in [6.07, 6.45) is 1.82. The molecule has 0 aliphatic carbocycles. The van der Waals surface area contributed by atoms with E-state index in [1.54, 1.807) is 42.5 Å². The van der Waals surface area contributed by atoms with Crippen LogP contribution in [0.2, 0.25) is 0 Å². The Bertz CT molecular complexity index is 1640. The zero-order valence-electron chi connectivity index (χ0n) is 27.2. The van der Waals surface area contributed by atoms with Crippen LogP contribution in [0.15, 0.2) is 70.0 Å². The Morgan fingerprint density at radius 1 is 1.15 bits per heavy atom. The van der Waals surface area contributed by atoms with Gasteiger partial charge in [-0.1, -0.05) is 45.8 Å². The zero-order valence-corrected chi connectivity index (χ0v) is 28.9. The lowest BCUT2D eigenvalue weighted by atomic mass is 10.0. The fourth-order valence-electron chi connectivity index (χ4n) is 3.68. The lowest BCUT2D eigenvalue weighted by molar-refractivity contribution is -0.169. The molecule has 2 aromatic rings. The van der Waals surface area contributed by atoms with Gasteiger partial charge < -0.3 is 24.8 Å². The minimum absolute atomic E-state index is 0.157. The van der Waals surface area contributed by atoms with Gasteiger partial charge in [0.1, 0.15) is 29.2 Å². The van der Waals surface area contributed by atoms with Crippen molar-refractivity contribution in [3.05, 3.63) is 81.7 Å². The second kappa shape index (κ2) is 19.3. The van der Waals surface area contributed by atoms with Crippen LogP contribution in [0.5, 0.6) is 5.75 Å². The number of nitrogens with one attached hydrogen (secondary N) is 1. The Labute approximate surface area is 279 Å². The van der Waals surface area contributed by atoms with Gasteiger partial charge in [-0.3, -0.25) is 14.2 Å². The lowest BCUT2D eigenvalue weighted by Gasteiger charge is -2.25. The average molecular weight is 707 g/mol. The summed E-state index contributed by atoms with van der Waals surface area (Å²) in [4.78, 5) is 52.2. The van der Waals surface area contributed by atoms with Crippen LogP contribution in [-0.4, -0.2) is 73.8 Å². The molecule has 0 radical (unpaired) electrons. The number of rotatable bonds is 18. The molecule has 4 atom stereocenters. The number of ether oxygens (including phenoxy) is 2. The number of hydrogen-bond donors (Lipinski definition) is 2. The van der Waals surface area contributed by atoms with Crippen molar-refractivity contribution in [3.63, 3.8) is 0 Å². The summed E-state index contributed by atoms with van der Waals surface area (Å²) in [5.41, 5.74) is 11.1. The predicted molar refractivity (Wildman–Crippen MR) is 177 cm³/mol. The Morgan fingerprint density at radius 2 is 1.83 bits per heavy atom. The molecule has 2 amide bonds.